The van der Waals surface area contributed by atoms with Gasteiger partial charge in [-0.15, -0.1) is 5.10 Å². The molecular formula is C27H29FN6O2. The standard InChI is InChI=1S/C27H29FN6O2/c1-17-4-5-18(2)24-22(17)16-23(27(35)29-24)25(26-30-31-32-34(26)14-15-36-3)33-12-10-20(11-13-33)19-6-8-21(28)9-7-19/h4-10,16,25H,11-15H2,1-3H3,(H,29,35)/t25-/m1/s1. The summed E-state index contributed by atoms with van der Waals surface area (Å²) < 4.78 is 20.4. The summed E-state index contributed by atoms with van der Waals surface area (Å²) >= 11 is 0. The summed E-state index contributed by atoms with van der Waals surface area (Å²) in [5, 5.41) is 13.5. The molecule has 0 amide bonds. The van der Waals surface area contributed by atoms with Gasteiger partial charge in [-0.25, -0.2) is 9.07 Å². The van der Waals surface area contributed by atoms with E-state index in [2.05, 4.69) is 37.6 Å². The lowest BCUT2D eigenvalue weighted by Gasteiger charge is -2.33. The second kappa shape index (κ2) is 10.1. The Kier molecular flexibility index (Phi) is 6.75. The number of H-pyrrole nitrogens is 1. The number of hydrogen-bond acceptors (Lipinski definition) is 6. The molecule has 0 fully saturated rings. The highest BCUT2D eigenvalue weighted by atomic mass is 19.1. The molecule has 2 aromatic heterocycles. The molecule has 0 saturated heterocycles. The third kappa shape index (κ3) is 4.59. The van der Waals surface area contributed by atoms with Crippen LogP contribution in [0.15, 0.2) is 53.3 Å². The van der Waals surface area contributed by atoms with Gasteiger partial charge in [0.1, 0.15) is 11.9 Å². The molecule has 0 aliphatic carbocycles. The predicted octanol–water partition coefficient (Wildman–Crippen LogP) is 3.80. The first-order valence-electron chi connectivity index (χ1n) is 12.0. The van der Waals surface area contributed by atoms with Gasteiger partial charge in [0.2, 0.25) is 0 Å². The Balaban J connectivity index is 1.59. The quantitative estimate of drug-likeness (QED) is 0.426. The number of hydrogen-bond donors (Lipinski definition) is 1. The molecule has 1 N–H and O–H groups in total. The number of ether oxygens (including phenoxy) is 1. The first-order valence-corrected chi connectivity index (χ1v) is 12.0. The minimum absolute atomic E-state index is 0.157. The molecule has 0 saturated carbocycles. The minimum atomic E-state index is -0.448. The predicted molar refractivity (Wildman–Crippen MR) is 136 cm³/mol. The van der Waals surface area contributed by atoms with Crippen molar-refractivity contribution in [3.05, 3.63) is 92.8 Å². The van der Waals surface area contributed by atoms with Crippen LogP contribution in [0.3, 0.4) is 0 Å². The van der Waals surface area contributed by atoms with E-state index in [1.807, 2.05) is 26.0 Å². The highest BCUT2D eigenvalue weighted by molar-refractivity contribution is 5.85. The van der Waals surface area contributed by atoms with E-state index in [1.165, 1.54) is 12.1 Å². The number of nitrogens with one attached hydrogen (secondary N) is 1. The monoisotopic (exact) mass is 488 g/mol. The van der Waals surface area contributed by atoms with Crippen molar-refractivity contribution >= 4 is 16.5 Å². The Morgan fingerprint density at radius 1 is 1.14 bits per heavy atom. The van der Waals surface area contributed by atoms with Gasteiger partial charge in [-0.3, -0.25) is 9.69 Å². The lowest BCUT2D eigenvalue weighted by molar-refractivity contribution is 0.176. The molecule has 1 atom stereocenters. The van der Waals surface area contributed by atoms with Gasteiger partial charge >= 0.3 is 0 Å². The average molecular weight is 489 g/mol. The van der Waals surface area contributed by atoms with Crippen molar-refractivity contribution in [1.82, 2.24) is 30.1 Å². The molecule has 0 spiro atoms. The number of halogens is 1. The summed E-state index contributed by atoms with van der Waals surface area (Å²) in [5.41, 5.74) is 5.56. The number of methoxy groups -OCH3 is 1. The van der Waals surface area contributed by atoms with E-state index in [4.69, 9.17) is 4.74 Å². The van der Waals surface area contributed by atoms with Crippen LogP contribution in [0, 0.1) is 19.7 Å². The number of rotatable bonds is 7. The number of aromatic amines is 1. The second-order valence-corrected chi connectivity index (χ2v) is 9.18. The second-order valence-electron chi connectivity index (χ2n) is 9.18. The molecule has 186 valence electrons. The Morgan fingerprint density at radius 3 is 2.64 bits per heavy atom. The van der Waals surface area contributed by atoms with Gasteiger partial charge in [-0.2, -0.15) is 0 Å². The SMILES string of the molecule is COCCn1nnnc1[C@@H](c1cc2c(C)ccc(C)c2[nH]c1=O)N1CC=C(c2ccc(F)cc2)CC1. The van der Waals surface area contributed by atoms with Gasteiger partial charge in [0.25, 0.3) is 5.56 Å². The van der Waals surface area contributed by atoms with Crippen molar-refractivity contribution in [2.75, 3.05) is 26.8 Å². The Hall–Kier alpha value is -3.69. The number of fused-ring (bicyclic) bond motifs is 1. The third-order valence-corrected chi connectivity index (χ3v) is 6.90. The van der Waals surface area contributed by atoms with Crippen LogP contribution in [-0.2, 0) is 11.3 Å². The van der Waals surface area contributed by atoms with Crippen LogP contribution in [0.4, 0.5) is 4.39 Å². The maximum absolute atomic E-state index is 13.5. The fourth-order valence-electron chi connectivity index (χ4n) is 4.88. The van der Waals surface area contributed by atoms with Crippen molar-refractivity contribution in [3.8, 4) is 0 Å². The summed E-state index contributed by atoms with van der Waals surface area (Å²) in [5.74, 6) is 0.349. The topological polar surface area (TPSA) is 88.9 Å². The van der Waals surface area contributed by atoms with Crippen LogP contribution in [0.5, 0.6) is 0 Å². The zero-order valence-electron chi connectivity index (χ0n) is 20.7. The molecule has 5 rings (SSSR count). The number of aromatic nitrogens is 5. The molecule has 0 unspecified atom stereocenters. The lowest BCUT2D eigenvalue weighted by atomic mass is 9.95. The van der Waals surface area contributed by atoms with E-state index in [0.29, 0.717) is 37.6 Å². The van der Waals surface area contributed by atoms with Gasteiger partial charge in [0, 0.05) is 31.1 Å². The van der Waals surface area contributed by atoms with E-state index >= 15 is 0 Å². The highest BCUT2D eigenvalue weighted by Gasteiger charge is 2.31. The Bertz CT molecular complexity index is 1470. The number of pyridine rings is 1. The smallest absolute Gasteiger partial charge is 0.253 e. The first kappa shape index (κ1) is 24.0. The molecule has 1 aliphatic rings. The van der Waals surface area contributed by atoms with Crippen molar-refractivity contribution < 1.29 is 9.13 Å². The molecule has 0 bridgehead atoms. The van der Waals surface area contributed by atoms with E-state index < -0.39 is 6.04 Å². The fraction of sp³-hybridized carbons (Fsp3) is 0.333. The van der Waals surface area contributed by atoms with E-state index in [9.17, 15) is 9.18 Å². The largest absolute Gasteiger partial charge is 0.383 e. The first-order chi connectivity index (χ1) is 17.5. The zero-order valence-corrected chi connectivity index (χ0v) is 20.7. The highest BCUT2D eigenvalue weighted by Crippen LogP contribution is 2.32. The van der Waals surface area contributed by atoms with Crippen LogP contribution < -0.4 is 5.56 Å². The molecule has 4 aromatic rings. The number of benzene rings is 2. The normalized spacial score (nSPS) is 15.3. The molecule has 36 heavy (non-hydrogen) atoms. The van der Waals surface area contributed by atoms with Crippen LogP contribution >= 0.6 is 0 Å². The Morgan fingerprint density at radius 2 is 1.92 bits per heavy atom. The molecule has 0 radical (unpaired) electrons. The maximum Gasteiger partial charge on any atom is 0.253 e. The van der Waals surface area contributed by atoms with Crippen molar-refractivity contribution in [2.24, 2.45) is 0 Å². The Labute approximate surface area is 208 Å². The van der Waals surface area contributed by atoms with E-state index in [1.54, 1.807) is 23.9 Å². The van der Waals surface area contributed by atoms with E-state index in [0.717, 1.165) is 39.6 Å². The van der Waals surface area contributed by atoms with Crippen LogP contribution in [0.2, 0.25) is 0 Å². The fourth-order valence-corrected chi connectivity index (χ4v) is 4.88. The minimum Gasteiger partial charge on any atom is -0.383 e. The van der Waals surface area contributed by atoms with Crippen LogP contribution in [0.1, 0.15) is 40.5 Å². The van der Waals surface area contributed by atoms with E-state index in [-0.39, 0.29) is 11.4 Å². The van der Waals surface area contributed by atoms with Crippen LogP contribution in [-0.4, -0.2) is 56.9 Å². The van der Waals surface area contributed by atoms with Crippen molar-refractivity contribution in [3.63, 3.8) is 0 Å². The summed E-state index contributed by atoms with van der Waals surface area (Å²) in [7, 11) is 1.63. The summed E-state index contributed by atoms with van der Waals surface area (Å²) in [6, 6.07) is 12.2. The third-order valence-electron chi connectivity index (χ3n) is 6.90. The molecule has 3 heterocycles. The molecular weight excluding hydrogens is 459 g/mol. The lowest BCUT2D eigenvalue weighted by Crippen LogP contribution is -2.38. The van der Waals surface area contributed by atoms with Gasteiger partial charge < -0.3 is 9.72 Å². The summed E-state index contributed by atoms with van der Waals surface area (Å²) in [4.78, 5) is 18.8. The zero-order chi connectivity index (χ0) is 25.2. The molecule has 9 heteroatoms. The maximum atomic E-state index is 13.5. The summed E-state index contributed by atoms with van der Waals surface area (Å²) in [6.07, 6.45) is 2.89. The molecule has 8 nitrogen and oxygen atoms in total. The van der Waals surface area contributed by atoms with Gasteiger partial charge in [-0.1, -0.05) is 30.3 Å². The van der Waals surface area contributed by atoms with Crippen LogP contribution in [0.25, 0.3) is 16.5 Å². The number of nitrogens with zero attached hydrogens (tertiary/aromatic N) is 5. The van der Waals surface area contributed by atoms with Crippen molar-refractivity contribution in [2.45, 2.75) is 32.9 Å². The van der Waals surface area contributed by atoms with Gasteiger partial charge in [0.05, 0.1) is 18.7 Å². The van der Waals surface area contributed by atoms with Crippen molar-refractivity contribution in [1.29, 1.82) is 0 Å². The number of tetrazole rings is 1. The average Bonchev–Trinajstić information content (AvgIpc) is 3.35. The number of aryl methyl sites for hydroxylation is 2. The molecule has 1 aliphatic heterocycles. The van der Waals surface area contributed by atoms with Gasteiger partial charge in [0.15, 0.2) is 5.82 Å². The summed E-state index contributed by atoms with van der Waals surface area (Å²) in [6.45, 7) is 6.25. The van der Waals surface area contributed by atoms with Gasteiger partial charge in [-0.05, 0) is 71.2 Å². The molecule has 2 aromatic carbocycles.